The number of ether oxygens (including phenoxy) is 1. The molecule has 172 valence electrons. The van der Waals surface area contributed by atoms with E-state index in [9.17, 15) is 25.2 Å². The van der Waals surface area contributed by atoms with Gasteiger partial charge in [0.25, 0.3) is 0 Å². The summed E-state index contributed by atoms with van der Waals surface area (Å²) < 4.78 is 6.38. The maximum absolute atomic E-state index is 12.4. The van der Waals surface area contributed by atoms with E-state index in [-0.39, 0.29) is 11.4 Å². The van der Waals surface area contributed by atoms with Gasteiger partial charge in [0.15, 0.2) is 6.23 Å². The standard InChI is InChI=1S/C23H29N3O6/c1-2-3-4-5-14-6-8-15(9-7-14)10-11-16-12-26(23(31)25-21(16)24)22-20(30)19(29)18(28)17(13-27)32-22/h6-9,12,17-20,22,27-30H,2-5,13H2,1H3,(H2,24,25,31)/t17-,18-,19+,20-,22-/m1/s1. The Labute approximate surface area is 186 Å². The van der Waals surface area contributed by atoms with Gasteiger partial charge in [-0.2, -0.15) is 4.98 Å². The second-order valence-corrected chi connectivity index (χ2v) is 7.85. The largest absolute Gasteiger partial charge is 0.394 e. The van der Waals surface area contributed by atoms with Gasteiger partial charge < -0.3 is 30.9 Å². The molecular weight excluding hydrogens is 414 g/mol. The topological polar surface area (TPSA) is 151 Å². The Kier molecular flexibility index (Phi) is 8.01. The second kappa shape index (κ2) is 10.7. The Morgan fingerprint density at radius 3 is 2.47 bits per heavy atom. The van der Waals surface area contributed by atoms with Crippen LogP contribution >= 0.6 is 0 Å². The molecule has 3 rings (SSSR count). The van der Waals surface area contributed by atoms with Crippen LogP contribution in [0.1, 0.15) is 49.1 Å². The van der Waals surface area contributed by atoms with E-state index in [1.165, 1.54) is 24.6 Å². The highest BCUT2D eigenvalue weighted by molar-refractivity contribution is 5.52. The molecule has 0 spiro atoms. The fourth-order valence-corrected chi connectivity index (χ4v) is 3.55. The number of nitrogens with zero attached hydrogens (tertiary/aromatic N) is 2. The first-order valence-electron chi connectivity index (χ1n) is 10.7. The van der Waals surface area contributed by atoms with Gasteiger partial charge >= 0.3 is 5.69 Å². The first-order chi connectivity index (χ1) is 15.3. The molecule has 2 aromatic rings. The van der Waals surface area contributed by atoms with E-state index in [0.29, 0.717) is 0 Å². The number of aryl methyl sites for hydroxylation is 1. The van der Waals surface area contributed by atoms with Gasteiger partial charge in [-0.1, -0.05) is 43.7 Å². The number of hydrogen-bond acceptors (Lipinski definition) is 8. The van der Waals surface area contributed by atoms with Crippen LogP contribution in [0.4, 0.5) is 5.82 Å². The lowest BCUT2D eigenvalue weighted by Crippen LogP contribution is -2.57. The van der Waals surface area contributed by atoms with Crippen molar-refractivity contribution in [2.75, 3.05) is 12.3 Å². The van der Waals surface area contributed by atoms with Crippen LogP contribution in [0.5, 0.6) is 0 Å². The zero-order valence-corrected chi connectivity index (χ0v) is 17.9. The number of aliphatic hydroxyl groups excluding tert-OH is 4. The minimum absolute atomic E-state index is 0.0838. The molecule has 1 aromatic carbocycles. The number of hydrogen-bond donors (Lipinski definition) is 5. The van der Waals surface area contributed by atoms with Gasteiger partial charge in [-0.05, 0) is 30.5 Å². The lowest BCUT2D eigenvalue weighted by molar-refractivity contribution is -0.252. The molecule has 0 bridgehead atoms. The van der Waals surface area contributed by atoms with Gasteiger partial charge in [0, 0.05) is 11.8 Å². The maximum atomic E-state index is 12.4. The van der Waals surface area contributed by atoms with E-state index in [1.807, 2.05) is 24.3 Å². The monoisotopic (exact) mass is 443 g/mol. The van der Waals surface area contributed by atoms with Crippen molar-refractivity contribution in [2.45, 2.75) is 63.3 Å². The van der Waals surface area contributed by atoms with Crippen molar-refractivity contribution in [1.82, 2.24) is 9.55 Å². The Morgan fingerprint density at radius 1 is 1.09 bits per heavy atom. The molecule has 0 unspecified atom stereocenters. The van der Waals surface area contributed by atoms with E-state index < -0.39 is 42.9 Å². The van der Waals surface area contributed by atoms with E-state index in [0.717, 1.165) is 23.0 Å². The summed E-state index contributed by atoms with van der Waals surface area (Å²) in [4.78, 5) is 16.1. The van der Waals surface area contributed by atoms with Crippen LogP contribution in [0.3, 0.4) is 0 Å². The zero-order chi connectivity index (χ0) is 23.3. The van der Waals surface area contributed by atoms with Crippen LogP contribution in [-0.4, -0.2) is 61.0 Å². The number of unbranched alkanes of at least 4 members (excludes halogenated alkanes) is 2. The maximum Gasteiger partial charge on any atom is 0.351 e. The molecule has 1 aliphatic rings. The average molecular weight is 444 g/mol. The molecule has 0 radical (unpaired) electrons. The van der Waals surface area contributed by atoms with E-state index >= 15 is 0 Å². The molecule has 9 nitrogen and oxygen atoms in total. The molecule has 6 N–H and O–H groups in total. The van der Waals surface area contributed by atoms with Gasteiger partial charge in [-0.3, -0.25) is 4.57 Å². The molecule has 0 aliphatic carbocycles. The molecule has 5 atom stereocenters. The van der Waals surface area contributed by atoms with E-state index in [1.54, 1.807) is 0 Å². The van der Waals surface area contributed by atoms with Gasteiger partial charge in [-0.15, -0.1) is 0 Å². The van der Waals surface area contributed by atoms with Crippen LogP contribution in [0.25, 0.3) is 0 Å². The summed E-state index contributed by atoms with van der Waals surface area (Å²) >= 11 is 0. The molecule has 32 heavy (non-hydrogen) atoms. The highest BCUT2D eigenvalue weighted by Gasteiger charge is 2.44. The first-order valence-corrected chi connectivity index (χ1v) is 10.7. The van der Waals surface area contributed by atoms with Crippen molar-refractivity contribution in [3.05, 3.63) is 57.6 Å². The van der Waals surface area contributed by atoms with Crippen molar-refractivity contribution in [3.63, 3.8) is 0 Å². The van der Waals surface area contributed by atoms with Crippen LogP contribution in [0.2, 0.25) is 0 Å². The Bertz CT molecular complexity index is 1020. The van der Waals surface area contributed by atoms with Crippen molar-refractivity contribution >= 4 is 5.82 Å². The molecule has 0 amide bonds. The van der Waals surface area contributed by atoms with Crippen LogP contribution in [-0.2, 0) is 11.2 Å². The predicted molar refractivity (Wildman–Crippen MR) is 118 cm³/mol. The highest BCUT2D eigenvalue weighted by atomic mass is 16.6. The fourth-order valence-electron chi connectivity index (χ4n) is 3.55. The third-order valence-corrected chi connectivity index (χ3v) is 5.49. The third-order valence-electron chi connectivity index (χ3n) is 5.49. The van der Waals surface area contributed by atoms with Crippen LogP contribution in [0.15, 0.2) is 35.3 Å². The number of benzene rings is 1. The molecule has 0 saturated carbocycles. The molecule has 2 heterocycles. The lowest BCUT2D eigenvalue weighted by Gasteiger charge is -2.40. The predicted octanol–water partition coefficient (Wildman–Crippen LogP) is -0.0696. The van der Waals surface area contributed by atoms with Crippen molar-refractivity contribution in [2.24, 2.45) is 0 Å². The van der Waals surface area contributed by atoms with Gasteiger partial charge in [0.2, 0.25) is 0 Å². The highest BCUT2D eigenvalue weighted by Crippen LogP contribution is 2.27. The summed E-state index contributed by atoms with van der Waals surface area (Å²) in [7, 11) is 0. The summed E-state index contributed by atoms with van der Waals surface area (Å²) in [6, 6.07) is 7.86. The van der Waals surface area contributed by atoms with Gasteiger partial charge in [-0.25, -0.2) is 4.79 Å². The molecule has 1 saturated heterocycles. The SMILES string of the molecule is CCCCCc1ccc(C#Cc2cn([C@@H]3O[C@H](CO)[C@@H](O)[C@H](O)[C@H]3O)c(=O)nc2N)cc1. The van der Waals surface area contributed by atoms with Crippen LogP contribution in [0, 0.1) is 11.8 Å². The molecule has 1 fully saturated rings. The Balaban J connectivity index is 1.84. The Hall–Kier alpha value is -2.74. The molecule has 1 aliphatic heterocycles. The fraction of sp³-hybridized carbons (Fsp3) is 0.478. The molecule has 1 aromatic heterocycles. The quantitative estimate of drug-likeness (QED) is 0.307. The summed E-state index contributed by atoms with van der Waals surface area (Å²) in [5.41, 5.74) is 7.25. The van der Waals surface area contributed by atoms with Crippen molar-refractivity contribution < 1.29 is 25.2 Å². The van der Waals surface area contributed by atoms with Gasteiger partial charge in [0.1, 0.15) is 30.2 Å². The minimum atomic E-state index is -1.63. The van der Waals surface area contributed by atoms with Gasteiger partial charge in [0.05, 0.1) is 12.2 Å². The smallest absolute Gasteiger partial charge is 0.351 e. The summed E-state index contributed by atoms with van der Waals surface area (Å²) in [6.07, 6.45) is -1.52. The van der Waals surface area contributed by atoms with Crippen molar-refractivity contribution in [3.8, 4) is 11.8 Å². The number of nitrogen functional groups attached to an aromatic ring is 1. The first kappa shape index (κ1) is 23.9. The summed E-state index contributed by atoms with van der Waals surface area (Å²) in [5.74, 6) is 5.76. The zero-order valence-electron chi connectivity index (χ0n) is 17.9. The van der Waals surface area contributed by atoms with E-state index in [2.05, 4.69) is 23.7 Å². The normalized spacial score (nSPS) is 25.2. The average Bonchev–Trinajstić information content (AvgIpc) is 2.79. The lowest BCUT2D eigenvalue weighted by atomic mass is 9.98. The number of aliphatic hydroxyl groups is 4. The van der Waals surface area contributed by atoms with E-state index in [4.69, 9.17) is 10.5 Å². The summed E-state index contributed by atoms with van der Waals surface area (Å²) in [6.45, 7) is 1.56. The number of anilines is 1. The number of rotatable bonds is 6. The minimum Gasteiger partial charge on any atom is -0.394 e. The molecular formula is C23H29N3O6. The number of nitrogens with two attached hydrogens (primary N) is 1. The number of aromatic nitrogens is 2. The van der Waals surface area contributed by atoms with Crippen molar-refractivity contribution in [1.29, 1.82) is 0 Å². The Morgan fingerprint density at radius 2 is 1.81 bits per heavy atom. The van der Waals surface area contributed by atoms with Crippen LogP contribution < -0.4 is 11.4 Å². The third kappa shape index (κ3) is 5.35. The molecule has 9 heteroatoms. The second-order valence-electron chi connectivity index (χ2n) is 7.85. The summed E-state index contributed by atoms with van der Waals surface area (Å²) in [5, 5.41) is 39.6.